The van der Waals surface area contributed by atoms with Crippen LogP contribution >= 0.6 is 23.2 Å². The van der Waals surface area contributed by atoms with E-state index in [4.69, 9.17) is 32.7 Å². The molecule has 2 aromatic rings. The third kappa shape index (κ3) is 5.26. The van der Waals surface area contributed by atoms with Crippen LogP contribution in [0, 0.1) is 6.92 Å². The molecule has 0 saturated carbocycles. The number of hydrogen-bond donors (Lipinski definition) is 1. The quantitative estimate of drug-likeness (QED) is 0.330. The Bertz CT molecular complexity index is 720. The van der Waals surface area contributed by atoms with E-state index in [2.05, 4.69) is 5.32 Å². The van der Waals surface area contributed by atoms with E-state index in [0.29, 0.717) is 33.6 Å². The Morgan fingerprint density at radius 1 is 1.21 bits per heavy atom. The molecular formula is C17H19Cl2MgNO3. The van der Waals surface area contributed by atoms with Gasteiger partial charge in [-0.05, 0) is 37.6 Å². The minimum absolute atomic E-state index is 0. The normalized spacial score (nSPS) is 10.0. The summed E-state index contributed by atoms with van der Waals surface area (Å²) in [7, 11) is 0. The number of hydrogen-bond acceptors (Lipinski definition) is 4. The van der Waals surface area contributed by atoms with Crippen LogP contribution in [0.5, 0.6) is 0 Å². The number of carbonyl (C=O) groups excluding carboxylic acids is 1. The molecular weight excluding hydrogens is 361 g/mol. The summed E-state index contributed by atoms with van der Waals surface area (Å²) in [6.45, 7) is 4.09. The topological polar surface area (TPSA) is 47.6 Å². The zero-order valence-corrected chi connectivity index (χ0v) is 16.5. The SMILES string of the molecule is CCOCOC(=O)c1ccccc1Nc1c(Cl)ccc(C)c1Cl.[H-].[H-].[Mg+2]. The van der Waals surface area contributed by atoms with Crippen molar-refractivity contribution < 1.29 is 17.1 Å². The number of nitrogens with one attached hydrogen (secondary N) is 1. The second-order valence-corrected chi connectivity index (χ2v) is 5.55. The zero-order valence-electron chi connectivity index (χ0n) is 15.6. The summed E-state index contributed by atoms with van der Waals surface area (Å²) in [5.41, 5.74) is 2.37. The van der Waals surface area contributed by atoms with Crippen LogP contribution < -0.4 is 5.32 Å². The van der Waals surface area contributed by atoms with Crippen molar-refractivity contribution in [2.45, 2.75) is 13.8 Å². The second kappa shape index (κ2) is 10.1. The van der Waals surface area contributed by atoms with Gasteiger partial charge in [0.2, 0.25) is 0 Å². The van der Waals surface area contributed by atoms with Gasteiger partial charge in [-0.2, -0.15) is 0 Å². The van der Waals surface area contributed by atoms with Crippen LogP contribution in [0.4, 0.5) is 11.4 Å². The Kier molecular flexibility index (Phi) is 8.87. The second-order valence-electron chi connectivity index (χ2n) is 4.77. The molecule has 0 atom stereocenters. The Labute approximate surface area is 170 Å². The monoisotopic (exact) mass is 379 g/mol. The fourth-order valence-corrected chi connectivity index (χ4v) is 2.40. The minimum atomic E-state index is -0.485. The van der Waals surface area contributed by atoms with Crippen molar-refractivity contribution in [3.8, 4) is 0 Å². The Morgan fingerprint density at radius 3 is 2.62 bits per heavy atom. The summed E-state index contributed by atoms with van der Waals surface area (Å²) in [4.78, 5) is 12.2. The first-order valence-corrected chi connectivity index (χ1v) is 7.85. The van der Waals surface area contributed by atoms with Gasteiger partial charge in [-0.3, -0.25) is 0 Å². The number of halogens is 2. The van der Waals surface area contributed by atoms with Crippen molar-refractivity contribution in [3.05, 3.63) is 57.6 Å². The number of rotatable bonds is 6. The van der Waals surface area contributed by atoms with E-state index in [0.717, 1.165) is 5.56 Å². The predicted octanol–water partition coefficient (Wildman–Crippen LogP) is 5.04. The van der Waals surface area contributed by atoms with Crippen molar-refractivity contribution in [2.24, 2.45) is 0 Å². The van der Waals surface area contributed by atoms with Crippen molar-refractivity contribution in [3.63, 3.8) is 0 Å². The first-order chi connectivity index (χ1) is 11.0. The molecule has 0 heterocycles. The van der Waals surface area contributed by atoms with E-state index in [1.165, 1.54) is 0 Å². The zero-order chi connectivity index (χ0) is 16.8. The van der Waals surface area contributed by atoms with Gasteiger partial charge in [0.25, 0.3) is 0 Å². The summed E-state index contributed by atoms with van der Waals surface area (Å²) in [6, 6.07) is 10.6. The van der Waals surface area contributed by atoms with E-state index in [1.54, 1.807) is 30.3 Å². The number of aryl methyl sites for hydroxylation is 1. The molecule has 1 N–H and O–H groups in total. The number of anilines is 2. The van der Waals surface area contributed by atoms with Gasteiger partial charge in [-0.15, -0.1) is 0 Å². The van der Waals surface area contributed by atoms with Gasteiger partial charge in [0, 0.05) is 6.61 Å². The maximum absolute atomic E-state index is 12.2. The summed E-state index contributed by atoms with van der Waals surface area (Å²) in [5, 5.41) is 4.10. The van der Waals surface area contributed by atoms with Crippen LogP contribution in [0.1, 0.15) is 25.7 Å². The van der Waals surface area contributed by atoms with E-state index in [1.807, 2.05) is 19.9 Å². The van der Waals surface area contributed by atoms with E-state index >= 15 is 0 Å². The molecule has 0 aromatic heterocycles. The molecule has 0 bridgehead atoms. The average molecular weight is 381 g/mol. The van der Waals surface area contributed by atoms with Gasteiger partial charge >= 0.3 is 29.0 Å². The molecule has 7 heteroatoms. The third-order valence-corrected chi connectivity index (χ3v) is 3.97. The standard InChI is InChI=1S/C17H17Cl2NO3.Mg.2H/c1-3-22-10-23-17(21)12-6-4-5-7-14(12)20-16-13(18)9-8-11(2)15(16)19;;;/h4-9,20H,3,10H2,1-2H3;;;/q;+2;2*-1. The molecule has 0 aliphatic rings. The first-order valence-electron chi connectivity index (χ1n) is 7.10. The first kappa shape index (κ1) is 21.1. The van der Waals surface area contributed by atoms with E-state index in [-0.39, 0.29) is 32.7 Å². The van der Waals surface area contributed by atoms with Crippen LogP contribution in [-0.4, -0.2) is 42.4 Å². The predicted molar refractivity (Wildman–Crippen MR) is 101 cm³/mol. The van der Waals surface area contributed by atoms with Crippen LogP contribution in [-0.2, 0) is 9.47 Å². The van der Waals surface area contributed by atoms with Gasteiger partial charge in [0.1, 0.15) is 0 Å². The van der Waals surface area contributed by atoms with E-state index in [9.17, 15) is 4.79 Å². The summed E-state index contributed by atoms with van der Waals surface area (Å²) in [5.74, 6) is -0.485. The van der Waals surface area contributed by atoms with Crippen LogP contribution in [0.2, 0.25) is 10.0 Å². The molecule has 126 valence electrons. The average Bonchev–Trinajstić information content (AvgIpc) is 2.55. The minimum Gasteiger partial charge on any atom is -1.00 e. The number of carbonyl (C=O) groups is 1. The van der Waals surface area contributed by atoms with Crippen molar-refractivity contribution >= 4 is 63.6 Å². The van der Waals surface area contributed by atoms with E-state index < -0.39 is 5.97 Å². The Morgan fingerprint density at radius 2 is 1.92 bits per heavy atom. The van der Waals surface area contributed by atoms with Gasteiger partial charge in [0.15, 0.2) is 6.79 Å². The fourth-order valence-electron chi connectivity index (χ4n) is 1.93. The number of para-hydroxylation sites is 1. The Balaban J connectivity index is 0. The largest absolute Gasteiger partial charge is 2.00 e. The van der Waals surface area contributed by atoms with Gasteiger partial charge in [-0.1, -0.05) is 41.4 Å². The van der Waals surface area contributed by atoms with Crippen molar-refractivity contribution in [1.82, 2.24) is 0 Å². The molecule has 0 aliphatic carbocycles. The molecule has 0 fully saturated rings. The molecule has 0 unspecified atom stereocenters. The molecule has 2 aromatic carbocycles. The smallest absolute Gasteiger partial charge is 1.00 e. The molecule has 0 spiro atoms. The number of benzene rings is 2. The summed E-state index contributed by atoms with van der Waals surface area (Å²) >= 11 is 12.5. The third-order valence-electron chi connectivity index (χ3n) is 3.17. The van der Waals surface area contributed by atoms with Gasteiger partial charge in [0.05, 0.1) is 27.0 Å². The summed E-state index contributed by atoms with van der Waals surface area (Å²) in [6.07, 6.45) is 0. The molecule has 0 saturated heterocycles. The molecule has 0 amide bonds. The van der Waals surface area contributed by atoms with Crippen LogP contribution in [0.3, 0.4) is 0 Å². The Hall–Kier alpha value is -0.984. The fraction of sp³-hybridized carbons (Fsp3) is 0.235. The molecule has 2 rings (SSSR count). The van der Waals surface area contributed by atoms with Gasteiger partial charge in [-0.25, -0.2) is 4.79 Å². The molecule has 4 nitrogen and oxygen atoms in total. The maximum Gasteiger partial charge on any atom is 2.00 e. The van der Waals surface area contributed by atoms with Gasteiger partial charge < -0.3 is 17.6 Å². The van der Waals surface area contributed by atoms with Crippen molar-refractivity contribution in [1.29, 1.82) is 0 Å². The van der Waals surface area contributed by atoms with Crippen LogP contribution in [0.15, 0.2) is 36.4 Å². The molecule has 0 radical (unpaired) electrons. The molecule has 0 aliphatic heterocycles. The molecule has 24 heavy (non-hydrogen) atoms. The van der Waals surface area contributed by atoms with Crippen molar-refractivity contribution in [2.75, 3.05) is 18.7 Å². The number of ether oxygens (including phenoxy) is 2. The maximum atomic E-state index is 12.2. The summed E-state index contributed by atoms with van der Waals surface area (Å²) < 4.78 is 10.1. The number of esters is 1. The van der Waals surface area contributed by atoms with Crippen LogP contribution in [0.25, 0.3) is 0 Å².